The molecule has 3 rings (SSSR count). The largest absolute Gasteiger partial charge is 0.456 e. The van der Waals surface area contributed by atoms with E-state index in [1.165, 1.54) is 17.9 Å². The summed E-state index contributed by atoms with van der Waals surface area (Å²) in [6.07, 6.45) is 1.67. The highest BCUT2D eigenvalue weighted by atomic mass is 16.5. The van der Waals surface area contributed by atoms with Gasteiger partial charge < -0.3 is 10.1 Å². The molecule has 3 aromatic rings. The monoisotopic (exact) mass is 421 g/mol. The van der Waals surface area contributed by atoms with Gasteiger partial charge in [-0.2, -0.15) is 0 Å². The van der Waals surface area contributed by atoms with Gasteiger partial charge in [-0.1, -0.05) is 54.6 Å². The number of carbonyl (C=O) groups excluding carboxylic acids is 3. The maximum atomic E-state index is 12.7. The quantitative estimate of drug-likeness (QED) is 0.415. The smallest absolute Gasteiger partial charge is 0.331 e. The average Bonchev–Trinajstić information content (AvgIpc) is 3.30. The molecule has 1 N–H and O–H groups in total. The molecule has 1 amide bonds. The van der Waals surface area contributed by atoms with Gasteiger partial charge in [0, 0.05) is 18.9 Å². The molecule has 0 aliphatic rings. The lowest BCUT2D eigenvalue weighted by molar-refractivity contribution is -0.146. The van der Waals surface area contributed by atoms with Crippen LogP contribution in [-0.2, 0) is 20.7 Å². The topological polar surface area (TPSA) is 116 Å². The lowest BCUT2D eigenvalue weighted by Gasteiger charge is -2.15. The molecule has 0 bridgehead atoms. The van der Waals surface area contributed by atoms with E-state index in [1.807, 2.05) is 37.3 Å². The second-order valence-electron chi connectivity index (χ2n) is 7.07. The first kappa shape index (κ1) is 21.8. The first-order chi connectivity index (χ1) is 14.9. The van der Waals surface area contributed by atoms with Crippen LogP contribution in [0.2, 0.25) is 0 Å². The van der Waals surface area contributed by atoms with Crippen molar-refractivity contribution in [1.82, 2.24) is 25.5 Å². The molecule has 9 heteroatoms. The van der Waals surface area contributed by atoms with Crippen molar-refractivity contribution in [2.75, 3.05) is 6.61 Å². The maximum absolute atomic E-state index is 12.7. The molecule has 0 aliphatic carbocycles. The predicted molar refractivity (Wildman–Crippen MR) is 111 cm³/mol. The van der Waals surface area contributed by atoms with Gasteiger partial charge >= 0.3 is 5.97 Å². The molecule has 2 aromatic carbocycles. The van der Waals surface area contributed by atoms with Crippen molar-refractivity contribution in [3.05, 3.63) is 77.6 Å². The van der Waals surface area contributed by atoms with Crippen LogP contribution in [0, 0.1) is 0 Å². The molecule has 0 radical (unpaired) electrons. The number of benzene rings is 2. The Morgan fingerprint density at radius 3 is 2.39 bits per heavy atom. The zero-order valence-corrected chi connectivity index (χ0v) is 17.3. The SMILES string of the molecule is CC(=O)N[C@H](C)c1ccc(C(=O)COC(=O)[C@@H](Cc2ccccc2)n2cnnn2)cc1. The highest BCUT2D eigenvalue weighted by Crippen LogP contribution is 2.16. The molecule has 2 atom stereocenters. The summed E-state index contributed by atoms with van der Waals surface area (Å²) in [5.41, 5.74) is 2.19. The molecule has 0 saturated carbocycles. The van der Waals surface area contributed by atoms with Crippen LogP contribution in [0.4, 0.5) is 0 Å². The highest BCUT2D eigenvalue weighted by Gasteiger charge is 2.25. The number of amides is 1. The fourth-order valence-electron chi connectivity index (χ4n) is 3.10. The Labute approximate surface area is 179 Å². The molecule has 0 spiro atoms. The number of tetrazole rings is 1. The van der Waals surface area contributed by atoms with Crippen molar-refractivity contribution in [3.8, 4) is 0 Å². The van der Waals surface area contributed by atoms with Gasteiger partial charge in [0.1, 0.15) is 6.33 Å². The molecule has 9 nitrogen and oxygen atoms in total. The van der Waals surface area contributed by atoms with Crippen molar-refractivity contribution in [2.24, 2.45) is 0 Å². The van der Waals surface area contributed by atoms with Gasteiger partial charge in [-0.05, 0) is 28.5 Å². The summed E-state index contributed by atoms with van der Waals surface area (Å²) in [5, 5.41) is 13.8. The molecule has 160 valence electrons. The van der Waals surface area contributed by atoms with Crippen molar-refractivity contribution in [2.45, 2.75) is 32.4 Å². The van der Waals surface area contributed by atoms with Crippen molar-refractivity contribution in [3.63, 3.8) is 0 Å². The van der Waals surface area contributed by atoms with E-state index < -0.39 is 18.6 Å². The summed E-state index contributed by atoms with van der Waals surface area (Å²) in [6.45, 7) is 2.90. The normalized spacial score (nSPS) is 12.6. The Morgan fingerprint density at radius 1 is 1.06 bits per heavy atom. The number of hydrogen-bond donors (Lipinski definition) is 1. The summed E-state index contributed by atoms with van der Waals surface area (Å²) in [4.78, 5) is 36.4. The molecule has 0 unspecified atom stereocenters. The number of Topliss-reactive ketones (excluding diaryl/α,β-unsaturated/α-hetero) is 1. The molecule has 0 aliphatic heterocycles. The van der Waals surface area contributed by atoms with Crippen LogP contribution in [0.15, 0.2) is 60.9 Å². The number of nitrogens with one attached hydrogen (secondary N) is 1. The summed E-state index contributed by atoms with van der Waals surface area (Å²) in [6, 6.07) is 15.3. The van der Waals surface area contributed by atoms with Crippen LogP contribution in [0.5, 0.6) is 0 Å². The second kappa shape index (κ2) is 10.2. The Bertz CT molecular complexity index is 1020. The lowest BCUT2D eigenvalue weighted by Crippen LogP contribution is -2.27. The zero-order chi connectivity index (χ0) is 22.2. The zero-order valence-electron chi connectivity index (χ0n) is 17.3. The molecule has 1 heterocycles. The van der Waals surface area contributed by atoms with E-state index >= 15 is 0 Å². The van der Waals surface area contributed by atoms with Crippen LogP contribution in [0.25, 0.3) is 0 Å². The van der Waals surface area contributed by atoms with Crippen LogP contribution in [0.1, 0.15) is 47.4 Å². The minimum atomic E-state index is -0.786. The Hall–Kier alpha value is -3.88. The molecule has 1 aromatic heterocycles. The van der Waals surface area contributed by atoms with Gasteiger partial charge in [-0.3, -0.25) is 9.59 Å². The fourth-order valence-corrected chi connectivity index (χ4v) is 3.10. The van der Waals surface area contributed by atoms with E-state index in [2.05, 4.69) is 20.8 Å². The molecule has 0 saturated heterocycles. The Kier molecular flexibility index (Phi) is 7.21. The third kappa shape index (κ3) is 6.05. The fraction of sp³-hybridized carbons (Fsp3) is 0.273. The summed E-state index contributed by atoms with van der Waals surface area (Å²) in [7, 11) is 0. The number of ketones is 1. The maximum Gasteiger partial charge on any atom is 0.331 e. The van der Waals surface area contributed by atoms with Gasteiger partial charge in [-0.25, -0.2) is 9.48 Å². The number of nitrogens with zero attached hydrogens (tertiary/aromatic N) is 4. The summed E-state index contributed by atoms with van der Waals surface area (Å²) < 4.78 is 6.60. The van der Waals surface area contributed by atoms with Crippen molar-refractivity contribution < 1.29 is 19.1 Å². The van der Waals surface area contributed by atoms with Crippen LogP contribution < -0.4 is 5.32 Å². The third-order valence-corrected chi connectivity index (χ3v) is 4.73. The second-order valence-corrected chi connectivity index (χ2v) is 7.07. The van der Waals surface area contributed by atoms with Crippen LogP contribution in [-0.4, -0.2) is 44.5 Å². The average molecular weight is 421 g/mol. The van der Waals surface area contributed by atoms with E-state index in [-0.39, 0.29) is 17.7 Å². The molecular formula is C22H23N5O4. The van der Waals surface area contributed by atoms with E-state index in [9.17, 15) is 14.4 Å². The first-order valence-corrected chi connectivity index (χ1v) is 9.77. The molecular weight excluding hydrogens is 398 g/mol. The summed E-state index contributed by atoms with van der Waals surface area (Å²) in [5.74, 6) is -1.06. The van der Waals surface area contributed by atoms with Gasteiger partial charge in [0.15, 0.2) is 18.4 Å². The van der Waals surface area contributed by atoms with E-state index in [0.29, 0.717) is 12.0 Å². The minimum Gasteiger partial charge on any atom is -0.456 e. The minimum absolute atomic E-state index is 0.132. The van der Waals surface area contributed by atoms with Crippen molar-refractivity contribution in [1.29, 1.82) is 0 Å². The number of hydrogen-bond acceptors (Lipinski definition) is 7. The lowest BCUT2D eigenvalue weighted by atomic mass is 10.0. The van der Waals surface area contributed by atoms with E-state index in [0.717, 1.165) is 11.1 Å². The van der Waals surface area contributed by atoms with Gasteiger partial charge in [0.2, 0.25) is 5.91 Å². The standard InChI is InChI=1S/C22H23N5O4/c1-15(24-16(2)28)18-8-10-19(11-9-18)21(29)13-31-22(30)20(27-14-23-25-26-27)12-17-6-4-3-5-7-17/h3-11,14-15,20H,12-13H2,1-2H3,(H,24,28)/t15-,20-/m1/s1. The van der Waals surface area contributed by atoms with Crippen LogP contribution in [0.3, 0.4) is 0 Å². The Balaban J connectivity index is 1.62. The summed E-state index contributed by atoms with van der Waals surface area (Å²) >= 11 is 0. The number of rotatable bonds is 9. The van der Waals surface area contributed by atoms with Gasteiger partial charge in [-0.15, -0.1) is 5.10 Å². The van der Waals surface area contributed by atoms with Gasteiger partial charge in [0.05, 0.1) is 6.04 Å². The predicted octanol–water partition coefficient (Wildman–Crippen LogP) is 2.08. The van der Waals surface area contributed by atoms with E-state index in [4.69, 9.17) is 4.74 Å². The number of esters is 1. The third-order valence-electron chi connectivity index (χ3n) is 4.73. The molecule has 0 fully saturated rings. The van der Waals surface area contributed by atoms with Crippen LogP contribution >= 0.6 is 0 Å². The molecule has 31 heavy (non-hydrogen) atoms. The first-order valence-electron chi connectivity index (χ1n) is 9.77. The van der Waals surface area contributed by atoms with Crippen molar-refractivity contribution >= 4 is 17.7 Å². The Morgan fingerprint density at radius 2 is 1.77 bits per heavy atom. The number of ether oxygens (including phenoxy) is 1. The highest BCUT2D eigenvalue weighted by molar-refractivity contribution is 5.98. The van der Waals surface area contributed by atoms with Gasteiger partial charge in [0.25, 0.3) is 0 Å². The number of aromatic nitrogens is 4. The number of carbonyl (C=O) groups is 3. The van der Waals surface area contributed by atoms with E-state index in [1.54, 1.807) is 24.3 Å².